The number of hydrogen-bond acceptors (Lipinski definition) is 7. The number of aromatic nitrogens is 2. The molecule has 0 aliphatic carbocycles. The third-order valence-corrected chi connectivity index (χ3v) is 3.29. The smallest absolute Gasteiger partial charge is 0.351 e. The summed E-state index contributed by atoms with van der Waals surface area (Å²) in [5, 5.41) is 0. The maximum atomic E-state index is 12.1. The maximum absolute atomic E-state index is 12.1. The van der Waals surface area contributed by atoms with Crippen LogP contribution in [0.3, 0.4) is 0 Å². The van der Waals surface area contributed by atoms with Crippen molar-refractivity contribution >= 4 is 11.8 Å². The minimum Gasteiger partial charge on any atom is -0.404 e. The molecule has 1 aliphatic heterocycles. The summed E-state index contributed by atoms with van der Waals surface area (Å²) in [6.45, 7) is 1.49. The van der Waals surface area contributed by atoms with Gasteiger partial charge in [-0.15, -0.1) is 0 Å². The lowest BCUT2D eigenvalue weighted by molar-refractivity contribution is -0.300. The zero-order chi connectivity index (χ0) is 16.4. The number of esters is 1. The summed E-state index contributed by atoms with van der Waals surface area (Å²) in [5.74, 6) is -2.06. The molecule has 0 saturated carbocycles. The molecule has 1 fully saturated rings. The number of carbonyl (C=O) groups excluding carboxylic acids is 1. The van der Waals surface area contributed by atoms with Crippen molar-refractivity contribution in [1.82, 2.24) is 9.55 Å². The number of rotatable bonds is 3. The molecule has 0 bridgehead atoms. The summed E-state index contributed by atoms with van der Waals surface area (Å²) in [5.41, 5.74) is 5.24. The molecular formula is C15H15N3O5. The van der Waals surface area contributed by atoms with E-state index >= 15 is 0 Å². The molecule has 1 saturated heterocycles. The van der Waals surface area contributed by atoms with E-state index in [0.29, 0.717) is 5.56 Å². The van der Waals surface area contributed by atoms with E-state index in [4.69, 9.17) is 19.9 Å². The first-order valence-electron chi connectivity index (χ1n) is 6.92. The van der Waals surface area contributed by atoms with Crippen molar-refractivity contribution in [1.29, 1.82) is 0 Å². The number of nitrogens with zero attached hydrogens (tertiary/aromatic N) is 2. The predicted octanol–water partition coefficient (Wildman–Crippen LogP) is 0.902. The molecule has 2 aromatic rings. The highest BCUT2D eigenvalue weighted by molar-refractivity contribution is 5.89. The number of carbonyl (C=O) groups is 1. The van der Waals surface area contributed by atoms with Gasteiger partial charge in [-0.2, -0.15) is 4.98 Å². The average Bonchev–Trinajstić information content (AvgIpc) is 2.90. The number of nitrogens with two attached hydrogens (primary N) is 1. The van der Waals surface area contributed by atoms with Crippen LogP contribution in [0.1, 0.15) is 23.5 Å². The second kappa shape index (κ2) is 5.82. The van der Waals surface area contributed by atoms with E-state index in [1.807, 2.05) is 0 Å². The molecule has 2 atom stereocenters. The zero-order valence-corrected chi connectivity index (χ0v) is 12.3. The highest BCUT2D eigenvalue weighted by Gasteiger charge is 2.42. The average molecular weight is 317 g/mol. The molecule has 8 heteroatoms. The van der Waals surface area contributed by atoms with E-state index in [-0.39, 0.29) is 12.4 Å². The van der Waals surface area contributed by atoms with Crippen LogP contribution in [0.5, 0.6) is 0 Å². The van der Waals surface area contributed by atoms with E-state index in [9.17, 15) is 9.59 Å². The number of anilines is 1. The summed E-state index contributed by atoms with van der Waals surface area (Å²) >= 11 is 0. The molecule has 0 amide bonds. The van der Waals surface area contributed by atoms with Gasteiger partial charge in [-0.25, -0.2) is 9.59 Å². The predicted molar refractivity (Wildman–Crippen MR) is 79.2 cm³/mol. The molecule has 1 aromatic heterocycles. The molecular weight excluding hydrogens is 302 g/mol. The fourth-order valence-corrected chi connectivity index (χ4v) is 2.18. The Hall–Kier alpha value is -2.71. The van der Waals surface area contributed by atoms with Gasteiger partial charge in [-0.1, -0.05) is 18.2 Å². The van der Waals surface area contributed by atoms with Crippen LogP contribution in [0.25, 0.3) is 0 Å². The summed E-state index contributed by atoms with van der Waals surface area (Å²) in [6, 6.07) is 9.93. The summed E-state index contributed by atoms with van der Waals surface area (Å²) in [4.78, 5) is 27.5. The van der Waals surface area contributed by atoms with E-state index in [1.54, 1.807) is 30.3 Å². The number of benzene rings is 1. The minimum atomic E-state index is -1.58. The standard InChI is InChI=1S/C15H15N3O5/c1-15(23-13(19)10-5-3-2-4-6-10)21-9-12(22-15)18-8-7-11(16)17-14(18)20/h2-8,12H,9H2,1H3,(H2,16,17,20). The molecule has 2 N–H and O–H groups in total. The molecule has 3 rings (SSSR count). The van der Waals surface area contributed by atoms with Crippen LogP contribution >= 0.6 is 0 Å². The van der Waals surface area contributed by atoms with Crippen LogP contribution in [-0.4, -0.2) is 28.1 Å². The van der Waals surface area contributed by atoms with Crippen LogP contribution < -0.4 is 11.4 Å². The molecule has 8 nitrogen and oxygen atoms in total. The van der Waals surface area contributed by atoms with E-state index < -0.39 is 23.9 Å². The van der Waals surface area contributed by atoms with Crippen molar-refractivity contribution in [3.63, 3.8) is 0 Å². The van der Waals surface area contributed by atoms with Gasteiger partial charge >= 0.3 is 17.6 Å². The minimum absolute atomic E-state index is 0.0318. The van der Waals surface area contributed by atoms with Crippen LogP contribution in [0, 0.1) is 0 Å². The summed E-state index contributed by atoms with van der Waals surface area (Å²) in [7, 11) is 0. The first kappa shape index (κ1) is 15.2. The van der Waals surface area contributed by atoms with Crippen molar-refractivity contribution in [2.75, 3.05) is 12.3 Å². The van der Waals surface area contributed by atoms with E-state index in [0.717, 1.165) is 0 Å². The van der Waals surface area contributed by atoms with Gasteiger partial charge in [-0.3, -0.25) is 9.30 Å². The van der Waals surface area contributed by atoms with Gasteiger partial charge in [0.1, 0.15) is 5.82 Å². The van der Waals surface area contributed by atoms with Gasteiger partial charge < -0.3 is 15.2 Å². The fraction of sp³-hybridized carbons (Fsp3) is 0.267. The maximum Gasteiger partial charge on any atom is 0.351 e. The second-order valence-electron chi connectivity index (χ2n) is 5.04. The van der Waals surface area contributed by atoms with Crippen LogP contribution in [0.15, 0.2) is 47.4 Å². The number of nitrogen functional groups attached to an aromatic ring is 1. The van der Waals surface area contributed by atoms with Crippen molar-refractivity contribution in [3.05, 3.63) is 58.6 Å². The lowest BCUT2D eigenvalue weighted by atomic mass is 10.2. The van der Waals surface area contributed by atoms with Crippen molar-refractivity contribution in [2.45, 2.75) is 19.1 Å². The molecule has 23 heavy (non-hydrogen) atoms. The van der Waals surface area contributed by atoms with Crippen LogP contribution in [-0.2, 0) is 14.2 Å². The van der Waals surface area contributed by atoms with Gasteiger partial charge in [-0.05, 0) is 18.2 Å². The Morgan fingerprint density at radius 1 is 1.39 bits per heavy atom. The zero-order valence-electron chi connectivity index (χ0n) is 12.3. The second-order valence-corrected chi connectivity index (χ2v) is 5.04. The van der Waals surface area contributed by atoms with Crippen molar-refractivity contribution in [2.24, 2.45) is 0 Å². The molecule has 120 valence electrons. The normalized spacial score (nSPS) is 23.6. The molecule has 1 aliphatic rings. The Labute approximate surface area is 131 Å². The van der Waals surface area contributed by atoms with E-state index in [2.05, 4.69) is 4.98 Å². The number of hydrogen-bond donors (Lipinski definition) is 1. The molecule has 2 unspecified atom stereocenters. The Bertz CT molecular complexity index is 776. The van der Waals surface area contributed by atoms with Gasteiger partial charge in [0, 0.05) is 13.1 Å². The quantitative estimate of drug-likeness (QED) is 0.838. The summed E-state index contributed by atoms with van der Waals surface area (Å²) in [6.07, 6.45) is 0.688. The Kier molecular flexibility index (Phi) is 3.85. The van der Waals surface area contributed by atoms with Gasteiger partial charge in [0.15, 0.2) is 6.23 Å². The fourth-order valence-electron chi connectivity index (χ4n) is 2.18. The van der Waals surface area contributed by atoms with Crippen molar-refractivity contribution in [3.8, 4) is 0 Å². The van der Waals surface area contributed by atoms with Gasteiger partial charge in [0.25, 0.3) is 0 Å². The Morgan fingerprint density at radius 3 is 2.83 bits per heavy atom. The molecule has 0 spiro atoms. The van der Waals surface area contributed by atoms with Crippen molar-refractivity contribution < 1.29 is 19.0 Å². The Morgan fingerprint density at radius 2 is 2.13 bits per heavy atom. The first-order valence-corrected chi connectivity index (χ1v) is 6.92. The summed E-state index contributed by atoms with van der Waals surface area (Å²) < 4.78 is 17.4. The SMILES string of the molecule is CC1(OC(=O)c2ccccc2)OCC(n2ccc(N)nc2=O)O1. The lowest BCUT2D eigenvalue weighted by Gasteiger charge is -2.23. The highest BCUT2D eigenvalue weighted by atomic mass is 16.9. The topological polar surface area (TPSA) is 106 Å². The highest BCUT2D eigenvalue weighted by Crippen LogP contribution is 2.30. The molecule has 1 aromatic carbocycles. The monoisotopic (exact) mass is 317 g/mol. The first-order chi connectivity index (χ1) is 11.0. The lowest BCUT2D eigenvalue weighted by Crippen LogP contribution is -2.34. The van der Waals surface area contributed by atoms with Gasteiger partial charge in [0.2, 0.25) is 0 Å². The van der Waals surface area contributed by atoms with Crippen LogP contribution in [0.2, 0.25) is 0 Å². The third-order valence-electron chi connectivity index (χ3n) is 3.29. The van der Waals surface area contributed by atoms with Gasteiger partial charge in [0.05, 0.1) is 12.2 Å². The van der Waals surface area contributed by atoms with Crippen LogP contribution in [0.4, 0.5) is 5.82 Å². The largest absolute Gasteiger partial charge is 0.404 e. The Balaban J connectivity index is 1.73. The third kappa shape index (κ3) is 3.22. The molecule has 2 heterocycles. The van der Waals surface area contributed by atoms with E-state index in [1.165, 1.54) is 23.8 Å². The number of ether oxygens (including phenoxy) is 3. The molecule has 0 radical (unpaired) electrons.